The van der Waals surface area contributed by atoms with Crippen molar-refractivity contribution in [3.63, 3.8) is 0 Å². The van der Waals surface area contributed by atoms with E-state index in [1.54, 1.807) is 22.7 Å². The van der Waals surface area contributed by atoms with Crippen LogP contribution in [0.15, 0.2) is 76.7 Å². The van der Waals surface area contributed by atoms with E-state index in [1.165, 1.54) is 28.5 Å². The summed E-state index contributed by atoms with van der Waals surface area (Å²) >= 11 is 1.38. The highest BCUT2D eigenvalue weighted by Gasteiger charge is 2.29. The number of hydrogen-bond donors (Lipinski definition) is 0. The van der Waals surface area contributed by atoms with Crippen LogP contribution in [0.4, 0.5) is 5.13 Å². The summed E-state index contributed by atoms with van der Waals surface area (Å²) in [6.45, 7) is 7.12. The molecular formula is C29H30N4O3S2. The summed E-state index contributed by atoms with van der Waals surface area (Å²) in [5.41, 5.74) is 4.20. The first-order chi connectivity index (χ1) is 18.2. The molecule has 1 fully saturated rings. The Labute approximate surface area is 227 Å². The van der Waals surface area contributed by atoms with Gasteiger partial charge in [0.2, 0.25) is 15.2 Å². The van der Waals surface area contributed by atoms with Gasteiger partial charge in [-0.2, -0.15) is 14.4 Å². The van der Waals surface area contributed by atoms with Gasteiger partial charge in [0.25, 0.3) is 5.91 Å². The molecule has 2 heterocycles. The molecule has 1 aromatic heterocycles. The highest BCUT2D eigenvalue weighted by molar-refractivity contribution is 7.89. The molecule has 196 valence electrons. The van der Waals surface area contributed by atoms with E-state index >= 15 is 0 Å². The predicted octanol–water partition coefficient (Wildman–Crippen LogP) is 6.01. The van der Waals surface area contributed by atoms with Crippen LogP contribution in [0.2, 0.25) is 0 Å². The molecule has 1 saturated heterocycles. The molecule has 4 aromatic rings. The zero-order chi connectivity index (χ0) is 26.9. The lowest BCUT2D eigenvalue weighted by molar-refractivity contribution is 0.0987. The number of fused-ring (bicyclic) bond motifs is 1. The number of rotatable bonds is 6. The van der Waals surface area contributed by atoms with Gasteiger partial charge in [-0.05, 0) is 80.1 Å². The molecule has 0 radical (unpaired) electrons. The minimum Gasteiger partial charge on any atom is -0.267 e. The van der Waals surface area contributed by atoms with E-state index in [1.807, 2.05) is 56.3 Å². The lowest BCUT2D eigenvalue weighted by Crippen LogP contribution is -2.39. The van der Waals surface area contributed by atoms with Gasteiger partial charge in [0.15, 0.2) is 0 Å². The maximum Gasteiger partial charge on any atom is 0.280 e. The number of piperidine rings is 1. The molecular weight excluding hydrogens is 516 g/mol. The lowest BCUT2D eigenvalue weighted by Gasteiger charge is -2.30. The van der Waals surface area contributed by atoms with Gasteiger partial charge in [-0.25, -0.2) is 13.4 Å². The monoisotopic (exact) mass is 546 g/mol. The van der Waals surface area contributed by atoms with E-state index in [-0.39, 0.29) is 10.8 Å². The first kappa shape index (κ1) is 26.2. The summed E-state index contributed by atoms with van der Waals surface area (Å²) in [7, 11) is -3.61. The number of hydrazone groups is 1. The number of carbonyl (C=O) groups excluding carboxylic acids is 1. The maximum absolute atomic E-state index is 13.7. The molecule has 0 spiro atoms. The summed E-state index contributed by atoms with van der Waals surface area (Å²) in [5.74, 6) is -0.0587. The average molecular weight is 547 g/mol. The summed E-state index contributed by atoms with van der Waals surface area (Å²) in [5, 5.41) is 6.25. The fraction of sp³-hybridized carbons (Fsp3) is 0.276. The molecule has 1 unspecified atom stereocenters. The molecule has 7 nitrogen and oxygen atoms in total. The van der Waals surface area contributed by atoms with E-state index in [0.29, 0.717) is 29.7 Å². The minimum absolute atomic E-state index is 0.188. The van der Waals surface area contributed by atoms with Crippen molar-refractivity contribution < 1.29 is 13.2 Å². The Morgan fingerprint density at radius 3 is 2.47 bits per heavy atom. The van der Waals surface area contributed by atoms with E-state index < -0.39 is 10.0 Å². The minimum atomic E-state index is -3.61. The number of anilines is 1. The van der Waals surface area contributed by atoms with Crippen LogP contribution in [-0.2, 0) is 10.0 Å². The number of benzene rings is 3. The fourth-order valence-electron chi connectivity index (χ4n) is 4.48. The Kier molecular flexibility index (Phi) is 7.43. The number of aromatic nitrogens is 1. The Morgan fingerprint density at radius 2 is 1.76 bits per heavy atom. The third kappa shape index (κ3) is 5.55. The molecule has 9 heteroatoms. The van der Waals surface area contributed by atoms with Gasteiger partial charge in [-0.3, -0.25) is 4.79 Å². The largest absolute Gasteiger partial charge is 0.280 e. The topological polar surface area (TPSA) is 82.9 Å². The molecule has 1 atom stereocenters. The van der Waals surface area contributed by atoms with Crippen LogP contribution in [0.5, 0.6) is 0 Å². The van der Waals surface area contributed by atoms with Crippen molar-refractivity contribution in [3.8, 4) is 0 Å². The molecule has 1 aliphatic heterocycles. The molecule has 3 aromatic carbocycles. The second kappa shape index (κ2) is 10.8. The van der Waals surface area contributed by atoms with Crippen LogP contribution in [0.3, 0.4) is 0 Å². The zero-order valence-electron chi connectivity index (χ0n) is 21.7. The number of carbonyl (C=O) groups is 1. The van der Waals surface area contributed by atoms with Crippen molar-refractivity contribution in [2.24, 2.45) is 11.0 Å². The molecule has 0 aliphatic carbocycles. The van der Waals surface area contributed by atoms with Gasteiger partial charge in [0.05, 0.1) is 21.3 Å². The summed E-state index contributed by atoms with van der Waals surface area (Å²) in [4.78, 5) is 18.5. The van der Waals surface area contributed by atoms with Gasteiger partial charge in [-0.1, -0.05) is 54.2 Å². The number of nitrogens with zero attached hydrogens (tertiary/aromatic N) is 4. The van der Waals surface area contributed by atoms with E-state index in [9.17, 15) is 13.2 Å². The standard InChI is InChI=1S/C29H30N4O3S2/c1-20-6-9-23(10-7-20)18-30-33(29-31-26-15-8-21(2)17-27(26)37-29)28(34)24-11-13-25(14-12-24)38(35,36)32-16-4-5-22(3)19-32/h6-15,17-18,22H,4-5,16,19H2,1-3H3/b30-18+. The Bertz CT molecular complexity index is 1590. The van der Waals surface area contributed by atoms with E-state index in [4.69, 9.17) is 0 Å². The first-order valence-corrected chi connectivity index (χ1v) is 14.9. The van der Waals surface area contributed by atoms with Crippen LogP contribution >= 0.6 is 11.3 Å². The normalized spacial score (nSPS) is 16.8. The van der Waals surface area contributed by atoms with Crippen LogP contribution in [0.1, 0.15) is 46.8 Å². The lowest BCUT2D eigenvalue weighted by atomic mass is 10.0. The predicted molar refractivity (Wildman–Crippen MR) is 154 cm³/mol. The third-order valence-electron chi connectivity index (χ3n) is 6.66. The summed E-state index contributed by atoms with van der Waals surface area (Å²) < 4.78 is 28.9. The Balaban J connectivity index is 1.47. The molecule has 0 bridgehead atoms. The van der Waals surface area contributed by atoms with Crippen LogP contribution in [0, 0.1) is 19.8 Å². The van der Waals surface area contributed by atoms with Crippen molar-refractivity contribution in [1.29, 1.82) is 0 Å². The van der Waals surface area contributed by atoms with Crippen molar-refractivity contribution in [1.82, 2.24) is 9.29 Å². The Hall–Kier alpha value is -3.40. The van der Waals surface area contributed by atoms with Crippen LogP contribution in [-0.4, -0.2) is 42.9 Å². The van der Waals surface area contributed by atoms with Gasteiger partial charge in [0.1, 0.15) is 0 Å². The van der Waals surface area contributed by atoms with Gasteiger partial charge in [-0.15, -0.1) is 0 Å². The van der Waals surface area contributed by atoms with Crippen molar-refractivity contribution in [3.05, 3.63) is 89.0 Å². The molecule has 38 heavy (non-hydrogen) atoms. The average Bonchev–Trinajstić information content (AvgIpc) is 3.32. The highest BCUT2D eigenvalue weighted by atomic mass is 32.2. The zero-order valence-corrected chi connectivity index (χ0v) is 23.3. The first-order valence-electron chi connectivity index (χ1n) is 12.6. The molecule has 5 rings (SSSR count). The van der Waals surface area contributed by atoms with E-state index in [2.05, 4.69) is 17.0 Å². The van der Waals surface area contributed by atoms with E-state index in [0.717, 1.165) is 39.7 Å². The number of sulfonamides is 1. The maximum atomic E-state index is 13.7. The Morgan fingerprint density at radius 1 is 1.05 bits per heavy atom. The third-order valence-corrected chi connectivity index (χ3v) is 9.54. The highest BCUT2D eigenvalue weighted by Crippen LogP contribution is 2.31. The van der Waals surface area contributed by atoms with Gasteiger partial charge < -0.3 is 0 Å². The molecule has 0 saturated carbocycles. The van der Waals surface area contributed by atoms with Gasteiger partial charge >= 0.3 is 0 Å². The van der Waals surface area contributed by atoms with Crippen molar-refractivity contribution in [2.75, 3.05) is 18.1 Å². The second-order valence-corrected chi connectivity index (χ2v) is 12.8. The molecule has 0 N–H and O–H groups in total. The number of thiazole rings is 1. The van der Waals surface area contributed by atoms with Crippen molar-refractivity contribution in [2.45, 2.75) is 38.5 Å². The summed E-state index contributed by atoms with van der Waals surface area (Å²) in [6.07, 6.45) is 3.52. The van der Waals surface area contributed by atoms with Crippen LogP contribution < -0.4 is 5.01 Å². The summed E-state index contributed by atoms with van der Waals surface area (Å²) in [6, 6.07) is 19.9. The number of amides is 1. The van der Waals surface area contributed by atoms with Gasteiger partial charge in [0, 0.05) is 18.7 Å². The van der Waals surface area contributed by atoms with Crippen LogP contribution in [0.25, 0.3) is 10.2 Å². The SMILES string of the molecule is Cc1ccc(/C=N/N(C(=O)c2ccc(S(=O)(=O)N3CCCC(C)C3)cc2)c2nc3ccc(C)cc3s2)cc1. The second-order valence-electron chi connectivity index (χ2n) is 9.87. The number of aryl methyl sites for hydroxylation is 2. The quantitative estimate of drug-likeness (QED) is 0.219. The van der Waals surface area contributed by atoms with Crippen molar-refractivity contribution >= 4 is 48.8 Å². The number of hydrogen-bond acceptors (Lipinski definition) is 6. The molecule has 1 aliphatic rings. The smallest absolute Gasteiger partial charge is 0.267 e. The fourth-order valence-corrected chi connectivity index (χ4v) is 7.10. The molecule has 1 amide bonds.